The normalized spacial score (nSPS) is 10.9. The smallest absolute Gasteiger partial charge is 0.266 e. The summed E-state index contributed by atoms with van der Waals surface area (Å²) in [4.78, 5) is 12.4. The summed E-state index contributed by atoms with van der Waals surface area (Å²) in [6.07, 6.45) is 1.43. The molecule has 122 valence electrons. The lowest BCUT2D eigenvalue weighted by atomic mass is 10.1. The Balaban J connectivity index is 2.34. The zero-order chi connectivity index (χ0) is 17.7. The Labute approximate surface area is 150 Å². The van der Waals surface area contributed by atoms with Crippen molar-refractivity contribution in [3.05, 3.63) is 63.1 Å². The molecule has 0 aliphatic heterocycles. The van der Waals surface area contributed by atoms with Crippen LogP contribution in [-0.4, -0.2) is 13.0 Å². The third kappa shape index (κ3) is 4.29. The van der Waals surface area contributed by atoms with Gasteiger partial charge in [-0.15, -0.1) is 0 Å². The first kappa shape index (κ1) is 17.9. The summed E-state index contributed by atoms with van der Waals surface area (Å²) in [5.74, 6) is -0.0243. The number of benzene rings is 2. The van der Waals surface area contributed by atoms with Crippen LogP contribution in [0.5, 0.6) is 5.75 Å². The van der Waals surface area contributed by atoms with Crippen molar-refractivity contribution in [1.82, 2.24) is 0 Å². The van der Waals surface area contributed by atoms with Gasteiger partial charge in [-0.1, -0.05) is 29.3 Å². The molecule has 2 aromatic rings. The fourth-order valence-corrected chi connectivity index (χ4v) is 2.39. The quantitative estimate of drug-likeness (QED) is 0.625. The number of amides is 1. The maximum Gasteiger partial charge on any atom is 0.266 e. The van der Waals surface area contributed by atoms with Crippen LogP contribution < -0.4 is 10.1 Å². The molecule has 0 fully saturated rings. The van der Waals surface area contributed by atoms with Crippen LogP contribution in [0.25, 0.3) is 6.08 Å². The lowest BCUT2D eigenvalue weighted by Crippen LogP contribution is -2.14. The second kappa shape index (κ2) is 7.87. The van der Waals surface area contributed by atoms with Gasteiger partial charge in [0.05, 0.1) is 7.11 Å². The van der Waals surface area contributed by atoms with E-state index in [9.17, 15) is 10.1 Å². The summed E-state index contributed by atoms with van der Waals surface area (Å²) in [7, 11) is 1.50. The summed E-state index contributed by atoms with van der Waals surface area (Å²) in [6, 6.07) is 12.0. The van der Waals surface area contributed by atoms with Crippen molar-refractivity contribution in [1.29, 1.82) is 5.26 Å². The average Bonchev–Trinajstić information content (AvgIpc) is 2.56. The van der Waals surface area contributed by atoms with E-state index in [1.165, 1.54) is 13.2 Å². The van der Waals surface area contributed by atoms with E-state index in [4.69, 9.17) is 27.9 Å². The van der Waals surface area contributed by atoms with Crippen molar-refractivity contribution in [2.45, 2.75) is 6.92 Å². The highest BCUT2D eigenvalue weighted by atomic mass is 35.5. The van der Waals surface area contributed by atoms with Crippen LogP contribution in [0.1, 0.15) is 11.1 Å². The number of carbonyl (C=O) groups is 1. The number of hydrogen-bond donors (Lipinski definition) is 1. The highest BCUT2D eigenvalue weighted by Crippen LogP contribution is 2.26. The predicted molar refractivity (Wildman–Crippen MR) is 96.4 cm³/mol. The Bertz CT molecular complexity index is 855. The number of aryl methyl sites for hydroxylation is 1. The van der Waals surface area contributed by atoms with Crippen LogP contribution in [0.3, 0.4) is 0 Å². The van der Waals surface area contributed by atoms with Crippen molar-refractivity contribution < 1.29 is 9.53 Å². The van der Waals surface area contributed by atoms with Gasteiger partial charge in [0, 0.05) is 21.3 Å². The topological polar surface area (TPSA) is 62.1 Å². The van der Waals surface area contributed by atoms with Gasteiger partial charge < -0.3 is 10.1 Å². The van der Waals surface area contributed by atoms with Gasteiger partial charge in [-0.25, -0.2) is 0 Å². The van der Waals surface area contributed by atoms with Crippen LogP contribution in [0, 0.1) is 18.3 Å². The Morgan fingerprint density at radius 2 is 1.88 bits per heavy atom. The van der Waals surface area contributed by atoms with E-state index < -0.39 is 5.91 Å². The highest BCUT2D eigenvalue weighted by molar-refractivity contribution is 6.31. The van der Waals surface area contributed by atoms with Crippen molar-refractivity contribution in [2.75, 3.05) is 12.4 Å². The van der Waals surface area contributed by atoms with E-state index in [0.717, 1.165) is 5.56 Å². The molecule has 0 atom stereocenters. The molecule has 0 spiro atoms. The maximum atomic E-state index is 12.4. The Morgan fingerprint density at radius 3 is 2.54 bits per heavy atom. The van der Waals surface area contributed by atoms with Gasteiger partial charge in [0.2, 0.25) is 0 Å². The Kier molecular flexibility index (Phi) is 5.86. The van der Waals surface area contributed by atoms with Crippen LogP contribution >= 0.6 is 23.2 Å². The van der Waals surface area contributed by atoms with Crippen LogP contribution in [-0.2, 0) is 4.79 Å². The molecule has 0 aromatic heterocycles. The van der Waals surface area contributed by atoms with E-state index in [-0.39, 0.29) is 5.57 Å². The number of rotatable bonds is 4. The highest BCUT2D eigenvalue weighted by Gasteiger charge is 2.13. The van der Waals surface area contributed by atoms with E-state index in [2.05, 4.69) is 5.32 Å². The molecule has 0 radical (unpaired) electrons. The molecule has 0 aliphatic carbocycles. The van der Waals surface area contributed by atoms with Gasteiger partial charge in [-0.3, -0.25) is 4.79 Å². The molecule has 0 unspecified atom stereocenters. The number of ether oxygens (including phenoxy) is 1. The van der Waals surface area contributed by atoms with Crippen molar-refractivity contribution in [3.63, 3.8) is 0 Å². The Hall–Kier alpha value is -2.48. The number of anilines is 1. The van der Waals surface area contributed by atoms with Gasteiger partial charge in [-0.05, 0) is 48.9 Å². The second-order valence-corrected chi connectivity index (χ2v) is 5.84. The van der Waals surface area contributed by atoms with Crippen LogP contribution in [0.4, 0.5) is 5.69 Å². The zero-order valence-corrected chi connectivity index (χ0v) is 14.6. The minimum atomic E-state index is -0.537. The number of carbonyl (C=O) groups excluding carboxylic acids is 1. The van der Waals surface area contributed by atoms with E-state index in [0.29, 0.717) is 27.0 Å². The molecule has 1 N–H and O–H groups in total. The summed E-state index contributed by atoms with van der Waals surface area (Å²) in [5.41, 5.74) is 1.85. The number of nitrogens with one attached hydrogen (secondary N) is 1. The number of methoxy groups -OCH3 is 1. The molecule has 2 aromatic carbocycles. The molecule has 0 saturated heterocycles. The van der Waals surface area contributed by atoms with Gasteiger partial charge in [0.25, 0.3) is 5.91 Å². The number of nitrogens with zero attached hydrogens (tertiary/aromatic N) is 1. The fraction of sp³-hybridized carbons (Fsp3) is 0.111. The van der Waals surface area contributed by atoms with E-state index in [1.54, 1.807) is 36.4 Å². The molecule has 24 heavy (non-hydrogen) atoms. The first-order valence-corrected chi connectivity index (χ1v) is 7.73. The number of hydrogen-bond acceptors (Lipinski definition) is 3. The largest absolute Gasteiger partial charge is 0.496 e. The molecule has 6 heteroatoms. The first-order chi connectivity index (χ1) is 11.4. The number of nitriles is 1. The molecular weight excluding hydrogens is 347 g/mol. The molecule has 0 aliphatic rings. The zero-order valence-electron chi connectivity index (χ0n) is 13.1. The van der Waals surface area contributed by atoms with Crippen LogP contribution in [0.15, 0.2) is 42.0 Å². The monoisotopic (exact) mass is 360 g/mol. The number of halogens is 2. The summed E-state index contributed by atoms with van der Waals surface area (Å²) < 4.78 is 5.22. The standard InChI is InChI=1S/C18H14Cl2N2O2/c1-11-3-4-15(20)9-16(11)22-18(23)13(10-21)7-12-8-14(19)5-6-17(12)24-2/h3-9H,1-2H3,(H,22,23)/b13-7+. The van der Waals surface area contributed by atoms with E-state index >= 15 is 0 Å². The lowest BCUT2D eigenvalue weighted by molar-refractivity contribution is -0.112. The predicted octanol–water partition coefficient (Wildman–Crippen LogP) is 4.86. The maximum absolute atomic E-state index is 12.4. The molecule has 0 heterocycles. The minimum Gasteiger partial charge on any atom is -0.496 e. The summed E-state index contributed by atoms with van der Waals surface area (Å²) >= 11 is 11.9. The SMILES string of the molecule is COc1ccc(Cl)cc1/C=C(\C#N)C(=O)Nc1cc(Cl)ccc1C. The molecular formula is C18H14Cl2N2O2. The molecule has 1 amide bonds. The minimum absolute atomic E-state index is 0.0741. The molecule has 0 saturated carbocycles. The van der Waals surface area contributed by atoms with Gasteiger partial charge >= 0.3 is 0 Å². The van der Waals surface area contributed by atoms with Crippen molar-refractivity contribution in [3.8, 4) is 11.8 Å². The van der Waals surface area contributed by atoms with Crippen molar-refractivity contribution in [2.24, 2.45) is 0 Å². The molecule has 0 bridgehead atoms. The fourth-order valence-electron chi connectivity index (χ4n) is 2.04. The van der Waals surface area contributed by atoms with Crippen molar-refractivity contribution >= 4 is 40.9 Å². The van der Waals surface area contributed by atoms with Gasteiger partial charge in [-0.2, -0.15) is 5.26 Å². The Morgan fingerprint density at radius 1 is 1.21 bits per heavy atom. The molecule has 2 rings (SSSR count). The molecule has 4 nitrogen and oxygen atoms in total. The second-order valence-electron chi connectivity index (χ2n) is 4.97. The van der Waals surface area contributed by atoms with Gasteiger partial charge in [0.1, 0.15) is 17.4 Å². The first-order valence-electron chi connectivity index (χ1n) is 6.97. The lowest BCUT2D eigenvalue weighted by Gasteiger charge is -2.09. The van der Waals surface area contributed by atoms with Gasteiger partial charge in [0.15, 0.2) is 0 Å². The average molecular weight is 361 g/mol. The third-order valence-electron chi connectivity index (χ3n) is 3.30. The van der Waals surface area contributed by atoms with E-state index in [1.807, 2.05) is 13.0 Å². The third-order valence-corrected chi connectivity index (χ3v) is 3.77. The summed E-state index contributed by atoms with van der Waals surface area (Å²) in [5, 5.41) is 13.0. The van der Waals surface area contributed by atoms with Crippen LogP contribution in [0.2, 0.25) is 10.0 Å². The summed E-state index contributed by atoms with van der Waals surface area (Å²) in [6.45, 7) is 1.84.